The lowest BCUT2D eigenvalue weighted by Gasteiger charge is -2.41. The molecule has 0 aliphatic heterocycles. The summed E-state index contributed by atoms with van der Waals surface area (Å²) >= 11 is 0. The van der Waals surface area contributed by atoms with Crippen LogP contribution in [0.15, 0.2) is 18.2 Å². The van der Waals surface area contributed by atoms with E-state index >= 15 is 0 Å². The van der Waals surface area contributed by atoms with E-state index in [1.165, 1.54) is 31.2 Å². The molecule has 118 valence electrons. The summed E-state index contributed by atoms with van der Waals surface area (Å²) in [6.45, 7) is 12.0. The molecule has 2 heteroatoms. The van der Waals surface area contributed by atoms with Gasteiger partial charge in [0, 0.05) is 6.04 Å². The fourth-order valence-electron chi connectivity index (χ4n) is 3.56. The molecule has 0 radical (unpaired) electrons. The fourth-order valence-corrected chi connectivity index (χ4v) is 3.56. The monoisotopic (exact) mass is 289 g/mol. The Kier molecular flexibility index (Phi) is 5.18. The third-order valence-electron chi connectivity index (χ3n) is 4.66. The van der Waals surface area contributed by atoms with Crippen molar-refractivity contribution in [2.45, 2.75) is 66.3 Å². The molecule has 0 saturated heterocycles. The Labute approximate surface area is 130 Å². The van der Waals surface area contributed by atoms with Crippen molar-refractivity contribution in [3.63, 3.8) is 0 Å². The van der Waals surface area contributed by atoms with Gasteiger partial charge in [-0.25, -0.2) is 0 Å². The number of aryl methyl sites for hydroxylation is 1. The molecule has 2 nitrogen and oxygen atoms in total. The van der Waals surface area contributed by atoms with E-state index in [1.807, 2.05) is 6.92 Å². The van der Waals surface area contributed by atoms with Crippen LogP contribution in [0.2, 0.25) is 0 Å². The molecule has 1 saturated carbocycles. The van der Waals surface area contributed by atoms with E-state index in [0.717, 1.165) is 17.4 Å². The molecule has 0 heterocycles. The number of anilines is 1. The normalized spacial score (nSPS) is 22.9. The van der Waals surface area contributed by atoms with Crippen molar-refractivity contribution >= 4 is 5.69 Å². The van der Waals surface area contributed by atoms with Crippen molar-refractivity contribution in [2.75, 3.05) is 11.9 Å². The molecule has 0 aromatic heterocycles. The van der Waals surface area contributed by atoms with Crippen LogP contribution in [0.4, 0.5) is 5.69 Å². The second kappa shape index (κ2) is 6.72. The molecule has 1 aliphatic rings. The highest BCUT2D eigenvalue weighted by atomic mass is 16.5. The lowest BCUT2D eigenvalue weighted by Crippen LogP contribution is -2.39. The molecule has 0 bridgehead atoms. The SMILES string of the molecule is CCOc1cc(C)ccc1NC1CCCCC1C(C)(C)C. The molecule has 0 spiro atoms. The van der Waals surface area contributed by atoms with Gasteiger partial charge >= 0.3 is 0 Å². The van der Waals surface area contributed by atoms with Crippen LogP contribution < -0.4 is 10.1 Å². The molecule has 21 heavy (non-hydrogen) atoms. The molecule has 0 amide bonds. The van der Waals surface area contributed by atoms with E-state index < -0.39 is 0 Å². The zero-order valence-corrected chi connectivity index (χ0v) is 14.3. The Morgan fingerprint density at radius 3 is 2.57 bits per heavy atom. The van der Waals surface area contributed by atoms with E-state index in [1.54, 1.807) is 0 Å². The Hall–Kier alpha value is -1.18. The highest BCUT2D eigenvalue weighted by Gasteiger charge is 2.34. The first-order valence-electron chi connectivity index (χ1n) is 8.42. The van der Waals surface area contributed by atoms with Crippen molar-refractivity contribution in [3.05, 3.63) is 23.8 Å². The summed E-state index contributed by atoms with van der Waals surface area (Å²) in [4.78, 5) is 0. The number of hydrogen-bond donors (Lipinski definition) is 1. The van der Waals surface area contributed by atoms with Gasteiger partial charge in [0.05, 0.1) is 12.3 Å². The molecule has 1 N–H and O–H groups in total. The average molecular weight is 289 g/mol. The fraction of sp³-hybridized carbons (Fsp3) is 0.684. The first-order valence-corrected chi connectivity index (χ1v) is 8.42. The smallest absolute Gasteiger partial charge is 0.142 e. The lowest BCUT2D eigenvalue weighted by molar-refractivity contribution is 0.162. The molecule has 2 atom stereocenters. The van der Waals surface area contributed by atoms with Crippen LogP contribution in [0, 0.1) is 18.3 Å². The van der Waals surface area contributed by atoms with Gasteiger partial charge in [-0.1, -0.05) is 39.7 Å². The first-order chi connectivity index (χ1) is 9.91. The molecule has 1 aromatic carbocycles. The Bertz CT molecular complexity index is 461. The predicted octanol–water partition coefficient (Wildman–Crippen LogP) is 5.41. The molecular weight excluding hydrogens is 258 g/mol. The van der Waals surface area contributed by atoms with Crippen LogP contribution in [0.25, 0.3) is 0 Å². The van der Waals surface area contributed by atoms with Crippen molar-refractivity contribution in [2.24, 2.45) is 11.3 Å². The van der Waals surface area contributed by atoms with Crippen LogP contribution >= 0.6 is 0 Å². The summed E-state index contributed by atoms with van der Waals surface area (Å²) in [6.07, 6.45) is 5.30. The van der Waals surface area contributed by atoms with Gasteiger partial charge in [0.2, 0.25) is 0 Å². The summed E-state index contributed by atoms with van der Waals surface area (Å²) in [7, 11) is 0. The number of nitrogens with one attached hydrogen (secondary N) is 1. The summed E-state index contributed by atoms with van der Waals surface area (Å²) in [5.74, 6) is 1.72. The maximum absolute atomic E-state index is 5.82. The van der Waals surface area contributed by atoms with Crippen molar-refractivity contribution < 1.29 is 4.74 Å². The van der Waals surface area contributed by atoms with Crippen LogP contribution in [0.3, 0.4) is 0 Å². The largest absolute Gasteiger partial charge is 0.492 e. The minimum absolute atomic E-state index is 0.356. The molecule has 1 aromatic rings. The Morgan fingerprint density at radius 1 is 1.19 bits per heavy atom. The van der Waals surface area contributed by atoms with E-state index in [2.05, 4.69) is 51.2 Å². The first kappa shape index (κ1) is 16.2. The predicted molar refractivity (Wildman–Crippen MR) is 91.2 cm³/mol. The number of ether oxygens (including phenoxy) is 1. The summed E-state index contributed by atoms with van der Waals surface area (Å²) in [5, 5.41) is 3.79. The van der Waals surface area contributed by atoms with Crippen LogP contribution in [-0.4, -0.2) is 12.6 Å². The lowest BCUT2D eigenvalue weighted by atomic mass is 9.69. The van der Waals surface area contributed by atoms with Gasteiger partial charge in [-0.15, -0.1) is 0 Å². The van der Waals surface area contributed by atoms with Crippen molar-refractivity contribution in [3.8, 4) is 5.75 Å². The van der Waals surface area contributed by atoms with Crippen molar-refractivity contribution in [1.29, 1.82) is 0 Å². The van der Waals surface area contributed by atoms with Gasteiger partial charge < -0.3 is 10.1 Å². The quantitative estimate of drug-likeness (QED) is 0.800. The van der Waals surface area contributed by atoms with Crippen LogP contribution in [0.1, 0.15) is 58.9 Å². The molecule has 1 aliphatic carbocycles. The molecule has 1 fully saturated rings. The average Bonchev–Trinajstić information content (AvgIpc) is 2.41. The number of rotatable bonds is 4. The van der Waals surface area contributed by atoms with Crippen molar-refractivity contribution in [1.82, 2.24) is 0 Å². The highest BCUT2D eigenvalue weighted by molar-refractivity contribution is 5.58. The Morgan fingerprint density at radius 2 is 1.90 bits per heavy atom. The van der Waals surface area contributed by atoms with Gasteiger partial charge in [0.25, 0.3) is 0 Å². The minimum Gasteiger partial charge on any atom is -0.492 e. The summed E-state index contributed by atoms with van der Waals surface area (Å²) in [6, 6.07) is 7.04. The highest BCUT2D eigenvalue weighted by Crippen LogP contribution is 2.40. The third-order valence-corrected chi connectivity index (χ3v) is 4.66. The van der Waals surface area contributed by atoms with Crippen LogP contribution in [-0.2, 0) is 0 Å². The van der Waals surface area contributed by atoms with Gasteiger partial charge in [-0.05, 0) is 55.7 Å². The van der Waals surface area contributed by atoms with Crippen LogP contribution in [0.5, 0.6) is 5.75 Å². The van der Waals surface area contributed by atoms with E-state index in [0.29, 0.717) is 18.1 Å². The molecule has 2 rings (SSSR count). The topological polar surface area (TPSA) is 21.3 Å². The number of hydrogen-bond acceptors (Lipinski definition) is 2. The molecular formula is C19H31NO. The van der Waals surface area contributed by atoms with E-state index in [9.17, 15) is 0 Å². The van der Waals surface area contributed by atoms with Gasteiger partial charge in [0.15, 0.2) is 0 Å². The standard InChI is InChI=1S/C19H31NO/c1-6-21-18-13-14(2)11-12-17(18)20-16-10-8-7-9-15(16)19(3,4)5/h11-13,15-16,20H,6-10H2,1-5H3. The van der Waals surface area contributed by atoms with Gasteiger partial charge in [0.1, 0.15) is 5.75 Å². The summed E-state index contributed by atoms with van der Waals surface area (Å²) in [5.41, 5.74) is 2.76. The minimum atomic E-state index is 0.356. The Balaban J connectivity index is 2.19. The second-order valence-electron chi connectivity index (χ2n) is 7.44. The van der Waals surface area contributed by atoms with E-state index in [4.69, 9.17) is 4.74 Å². The number of benzene rings is 1. The second-order valence-corrected chi connectivity index (χ2v) is 7.44. The maximum Gasteiger partial charge on any atom is 0.142 e. The summed E-state index contributed by atoms with van der Waals surface area (Å²) < 4.78 is 5.82. The van der Waals surface area contributed by atoms with Gasteiger partial charge in [-0.2, -0.15) is 0 Å². The molecule has 2 unspecified atom stereocenters. The van der Waals surface area contributed by atoms with E-state index in [-0.39, 0.29) is 0 Å². The third kappa shape index (κ3) is 4.15. The zero-order chi connectivity index (χ0) is 15.5. The maximum atomic E-state index is 5.82. The van der Waals surface area contributed by atoms with Gasteiger partial charge in [-0.3, -0.25) is 0 Å². The zero-order valence-electron chi connectivity index (χ0n) is 14.3.